The molecule has 38 heavy (non-hydrogen) atoms. The summed E-state index contributed by atoms with van der Waals surface area (Å²) in [6, 6.07) is 20.6. The van der Waals surface area contributed by atoms with Gasteiger partial charge in [-0.1, -0.05) is 62.4 Å². The zero-order valence-electron chi connectivity index (χ0n) is 22.7. The third-order valence-electron chi connectivity index (χ3n) is 8.64. The van der Waals surface area contributed by atoms with Crippen molar-refractivity contribution in [1.82, 2.24) is 14.7 Å². The summed E-state index contributed by atoms with van der Waals surface area (Å²) in [6.45, 7) is 6.96. The minimum atomic E-state index is -0.710. The predicted molar refractivity (Wildman–Crippen MR) is 148 cm³/mol. The van der Waals surface area contributed by atoms with Crippen LogP contribution in [0.15, 0.2) is 60.7 Å². The molecule has 3 fully saturated rings. The molecule has 2 aromatic carbocycles. The lowest BCUT2D eigenvalue weighted by atomic mass is 9.85. The molecular formula is C31H40N4O3. The lowest BCUT2D eigenvalue weighted by molar-refractivity contribution is -0.143. The van der Waals surface area contributed by atoms with Crippen LogP contribution in [-0.2, 0) is 20.8 Å². The second kappa shape index (κ2) is 11.2. The highest BCUT2D eigenvalue weighted by Gasteiger charge is 2.54. The van der Waals surface area contributed by atoms with Crippen LogP contribution in [0.5, 0.6) is 0 Å². The number of hydrogen-bond donors (Lipinski definition) is 0. The molecule has 0 atom stereocenters. The van der Waals surface area contributed by atoms with Gasteiger partial charge in [-0.15, -0.1) is 0 Å². The predicted octanol–water partition coefficient (Wildman–Crippen LogP) is 3.79. The van der Waals surface area contributed by atoms with E-state index in [0.717, 1.165) is 38.0 Å². The molecule has 2 aromatic rings. The Hall–Kier alpha value is -3.35. The van der Waals surface area contributed by atoms with Gasteiger partial charge in [0.05, 0.1) is 6.67 Å². The van der Waals surface area contributed by atoms with Crippen LogP contribution in [0, 0.1) is 11.8 Å². The Morgan fingerprint density at radius 2 is 1.47 bits per heavy atom. The third-order valence-corrected chi connectivity index (χ3v) is 8.64. The molecule has 5 rings (SSSR count). The van der Waals surface area contributed by atoms with Gasteiger partial charge in [0.1, 0.15) is 12.1 Å². The molecule has 0 aliphatic carbocycles. The quantitative estimate of drug-likeness (QED) is 0.586. The number of piperidine rings is 2. The van der Waals surface area contributed by atoms with E-state index in [0.29, 0.717) is 38.5 Å². The number of likely N-dealkylation sites (tertiary alicyclic amines) is 2. The van der Waals surface area contributed by atoms with Gasteiger partial charge in [-0.25, -0.2) is 0 Å². The first kappa shape index (κ1) is 26.3. The number of nitrogens with zero attached hydrogens (tertiary/aromatic N) is 4. The Bertz CT molecular complexity index is 1120. The van der Waals surface area contributed by atoms with Gasteiger partial charge in [-0.2, -0.15) is 0 Å². The molecule has 7 nitrogen and oxygen atoms in total. The second-order valence-corrected chi connectivity index (χ2v) is 11.4. The molecule has 202 valence electrons. The molecule has 3 amide bonds. The van der Waals surface area contributed by atoms with Crippen LogP contribution in [0.1, 0.15) is 45.1 Å². The Kier molecular flexibility index (Phi) is 7.73. The molecule has 0 unspecified atom stereocenters. The maximum Gasteiger partial charge on any atom is 0.250 e. The fourth-order valence-electron chi connectivity index (χ4n) is 6.38. The van der Waals surface area contributed by atoms with Gasteiger partial charge in [-0.3, -0.25) is 14.4 Å². The number of anilines is 1. The van der Waals surface area contributed by atoms with E-state index < -0.39 is 5.54 Å². The third kappa shape index (κ3) is 5.29. The standard InChI is InChI=1S/C31H40N4O3/c1-24(2)29(37)33-19-15-31(16-20-33)30(38)34(23-35(31)27-11-7-4-8-12-27)22-28(36)32-17-13-26(14-18-32)21-25-9-5-3-6-10-25/h3-12,24,26H,13-23H2,1-2H3. The van der Waals surface area contributed by atoms with Crippen LogP contribution in [0.2, 0.25) is 0 Å². The maximum atomic E-state index is 14.0. The first-order valence-electron chi connectivity index (χ1n) is 14.1. The van der Waals surface area contributed by atoms with Crippen molar-refractivity contribution in [3.63, 3.8) is 0 Å². The molecule has 0 N–H and O–H groups in total. The summed E-state index contributed by atoms with van der Waals surface area (Å²) in [5.41, 5.74) is 1.63. The van der Waals surface area contributed by atoms with Crippen LogP contribution in [-0.4, -0.2) is 77.4 Å². The van der Waals surface area contributed by atoms with E-state index in [4.69, 9.17) is 0 Å². The highest BCUT2D eigenvalue weighted by molar-refractivity contribution is 5.96. The van der Waals surface area contributed by atoms with Crippen LogP contribution < -0.4 is 4.90 Å². The van der Waals surface area contributed by atoms with Crippen molar-refractivity contribution in [3.05, 3.63) is 66.2 Å². The first-order valence-corrected chi connectivity index (χ1v) is 14.1. The number of rotatable bonds is 6. The largest absolute Gasteiger partial charge is 0.342 e. The molecular weight excluding hydrogens is 476 g/mol. The van der Waals surface area contributed by atoms with Crippen molar-refractivity contribution in [1.29, 1.82) is 0 Å². The van der Waals surface area contributed by atoms with Crippen molar-refractivity contribution in [2.45, 2.75) is 51.5 Å². The van der Waals surface area contributed by atoms with E-state index in [-0.39, 0.29) is 30.2 Å². The van der Waals surface area contributed by atoms with Crippen molar-refractivity contribution < 1.29 is 14.4 Å². The van der Waals surface area contributed by atoms with Crippen molar-refractivity contribution in [3.8, 4) is 0 Å². The van der Waals surface area contributed by atoms with Gasteiger partial charge in [-0.05, 0) is 55.7 Å². The molecule has 0 saturated carbocycles. The number of carbonyl (C=O) groups is 3. The minimum absolute atomic E-state index is 0.0188. The molecule has 3 aliphatic heterocycles. The number of hydrogen-bond acceptors (Lipinski definition) is 4. The molecule has 7 heteroatoms. The van der Waals surface area contributed by atoms with Crippen LogP contribution >= 0.6 is 0 Å². The molecule has 1 spiro atoms. The zero-order chi connectivity index (χ0) is 26.7. The van der Waals surface area contributed by atoms with Crippen LogP contribution in [0.25, 0.3) is 0 Å². The average molecular weight is 517 g/mol. The fourth-order valence-corrected chi connectivity index (χ4v) is 6.38. The summed E-state index contributed by atoms with van der Waals surface area (Å²) in [5, 5.41) is 0. The SMILES string of the molecule is CC(C)C(=O)N1CCC2(CC1)C(=O)N(CC(=O)N1CCC(Cc3ccccc3)CC1)CN2c1ccccc1. The topological polar surface area (TPSA) is 64.2 Å². The maximum absolute atomic E-state index is 14.0. The average Bonchev–Trinajstić information content (AvgIpc) is 3.20. The summed E-state index contributed by atoms with van der Waals surface area (Å²) >= 11 is 0. The summed E-state index contributed by atoms with van der Waals surface area (Å²) in [5.74, 6) is 0.725. The number of carbonyl (C=O) groups excluding carboxylic acids is 3. The summed E-state index contributed by atoms with van der Waals surface area (Å²) in [4.78, 5) is 47.7. The molecule has 3 heterocycles. The van der Waals surface area contributed by atoms with E-state index >= 15 is 0 Å². The van der Waals surface area contributed by atoms with Gasteiger partial charge in [0, 0.05) is 37.8 Å². The van der Waals surface area contributed by atoms with E-state index in [1.165, 1.54) is 5.56 Å². The Morgan fingerprint density at radius 1 is 0.868 bits per heavy atom. The van der Waals surface area contributed by atoms with Crippen LogP contribution in [0.3, 0.4) is 0 Å². The molecule has 3 saturated heterocycles. The van der Waals surface area contributed by atoms with Gasteiger partial charge < -0.3 is 19.6 Å². The minimum Gasteiger partial charge on any atom is -0.342 e. The molecule has 0 radical (unpaired) electrons. The van der Waals surface area contributed by atoms with E-state index in [9.17, 15) is 14.4 Å². The highest BCUT2D eigenvalue weighted by Crippen LogP contribution is 2.39. The zero-order valence-corrected chi connectivity index (χ0v) is 22.7. The Balaban J connectivity index is 1.24. The number of para-hydroxylation sites is 1. The second-order valence-electron chi connectivity index (χ2n) is 11.4. The molecule has 0 bridgehead atoms. The fraction of sp³-hybridized carbons (Fsp3) is 0.516. The summed E-state index contributed by atoms with van der Waals surface area (Å²) in [6.07, 6.45) is 4.20. The molecule has 3 aliphatic rings. The van der Waals surface area contributed by atoms with Gasteiger partial charge in [0.25, 0.3) is 5.91 Å². The monoisotopic (exact) mass is 516 g/mol. The number of benzene rings is 2. The van der Waals surface area contributed by atoms with Crippen LogP contribution in [0.4, 0.5) is 5.69 Å². The normalized spacial score (nSPS) is 20.0. The van der Waals surface area contributed by atoms with Crippen molar-refractivity contribution in [2.24, 2.45) is 11.8 Å². The van der Waals surface area contributed by atoms with E-state index in [2.05, 4.69) is 29.2 Å². The summed E-state index contributed by atoms with van der Waals surface area (Å²) in [7, 11) is 0. The van der Waals surface area contributed by atoms with Gasteiger partial charge >= 0.3 is 0 Å². The van der Waals surface area contributed by atoms with Crippen molar-refractivity contribution in [2.75, 3.05) is 44.3 Å². The lowest BCUT2D eigenvalue weighted by Gasteiger charge is -2.43. The molecule has 0 aromatic heterocycles. The Labute approximate surface area is 226 Å². The van der Waals surface area contributed by atoms with E-state index in [1.54, 1.807) is 4.90 Å². The number of amides is 3. The Morgan fingerprint density at radius 3 is 2.08 bits per heavy atom. The lowest BCUT2D eigenvalue weighted by Crippen LogP contribution is -2.58. The summed E-state index contributed by atoms with van der Waals surface area (Å²) < 4.78 is 0. The van der Waals surface area contributed by atoms with Gasteiger partial charge in [0.2, 0.25) is 11.8 Å². The van der Waals surface area contributed by atoms with Crippen molar-refractivity contribution >= 4 is 23.4 Å². The first-order chi connectivity index (χ1) is 18.4. The van der Waals surface area contributed by atoms with Gasteiger partial charge in [0.15, 0.2) is 0 Å². The van der Waals surface area contributed by atoms with E-state index in [1.807, 2.05) is 60.0 Å². The highest BCUT2D eigenvalue weighted by atomic mass is 16.2. The smallest absolute Gasteiger partial charge is 0.250 e.